The van der Waals surface area contributed by atoms with Gasteiger partial charge in [0.05, 0.1) is 4.92 Å². The van der Waals surface area contributed by atoms with Crippen molar-refractivity contribution in [2.75, 3.05) is 13.1 Å². The zero-order valence-electron chi connectivity index (χ0n) is 11.1. The summed E-state index contributed by atoms with van der Waals surface area (Å²) in [6.07, 6.45) is 1.58. The van der Waals surface area contributed by atoms with Gasteiger partial charge in [-0.2, -0.15) is 0 Å². The molecule has 1 aliphatic heterocycles. The Balaban J connectivity index is 2.23. The molecule has 1 aromatic carbocycles. The predicted octanol–water partition coefficient (Wildman–Crippen LogP) is 2.12. The molecule has 1 saturated heterocycles. The Bertz CT molecular complexity index is 542. The molecule has 20 heavy (non-hydrogen) atoms. The Morgan fingerprint density at radius 2 is 2.10 bits per heavy atom. The standard InChI is InChI=1S/C13H16ClN3O3/c1-13(4-6-15-7-5-13)16-12(18)10-3-2-9(14)8-11(10)17(19)20/h2-3,8,15H,4-7H2,1H3,(H,16,18). The minimum absolute atomic E-state index is 0.0409. The minimum atomic E-state index is -0.592. The van der Waals surface area contributed by atoms with Crippen molar-refractivity contribution < 1.29 is 9.72 Å². The number of amides is 1. The highest BCUT2D eigenvalue weighted by atomic mass is 35.5. The van der Waals surface area contributed by atoms with E-state index in [1.54, 1.807) is 0 Å². The molecule has 108 valence electrons. The fourth-order valence-corrected chi connectivity index (χ4v) is 2.46. The maximum absolute atomic E-state index is 12.3. The van der Waals surface area contributed by atoms with Crippen LogP contribution in [0.2, 0.25) is 5.02 Å². The summed E-state index contributed by atoms with van der Waals surface area (Å²) in [6, 6.07) is 4.07. The first kappa shape index (κ1) is 14.7. The molecular weight excluding hydrogens is 282 g/mol. The third kappa shape index (κ3) is 3.26. The van der Waals surface area contributed by atoms with E-state index in [0.29, 0.717) is 0 Å². The molecule has 1 aromatic rings. The quantitative estimate of drug-likeness (QED) is 0.661. The van der Waals surface area contributed by atoms with Gasteiger partial charge in [0, 0.05) is 16.6 Å². The van der Waals surface area contributed by atoms with Crippen LogP contribution >= 0.6 is 11.6 Å². The maximum Gasteiger partial charge on any atom is 0.283 e. The van der Waals surface area contributed by atoms with Gasteiger partial charge in [-0.05, 0) is 45.0 Å². The zero-order chi connectivity index (χ0) is 14.8. The topological polar surface area (TPSA) is 84.3 Å². The summed E-state index contributed by atoms with van der Waals surface area (Å²) in [5.74, 6) is -0.433. The van der Waals surface area contributed by atoms with Crippen LogP contribution in [-0.2, 0) is 0 Å². The second-order valence-electron chi connectivity index (χ2n) is 5.18. The fraction of sp³-hybridized carbons (Fsp3) is 0.462. The first-order valence-corrected chi connectivity index (χ1v) is 6.76. The Morgan fingerprint density at radius 1 is 1.45 bits per heavy atom. The third-order valence-electron chi connectivity index (χ3n) is 3.52. The van der Waals surface area contributed by atoms with Crippen molar-refractivity contribution in [3.8, 4) is 0 Å². The van der Waals surface area contributed by atoms with Crippen molar-refractivity contribution in [1.29, 1.82) is 0 Å². The van der Waals surface area contributed by atoms with Crippen LogP contribution in [0.25, 0.3) is 0 Å². The van der Waals surface area contributed by atoms with E-state index in [1.807, 2.05) is 6.92 Å². The second-order valence-corrected chi connectivity index (χ2v) is 5.62. The van der Waals surface area contributed by atoms with Crippen LogP contribution in [-0.4, -0.2) is 29.5 Å². The summed E-state index contributed by atoms with van der Waals surface area (Å²) < 4.78 is 0. The number of benzene rings is 1. The van der Waals surface area contributed by atoms with Crippen LogP contribution in [0.3, 0.4) is 0 Å². The number of hydrogen-bond acceptors (Lipinski definition) is 4. The summed E-state index contributed by atoms with van der Waals surface area (Å²) in [4.78, 5) is 22.7. The predicted molar refractivity (Wildman–Crippen MR) is 76.1 cm³/mol. The Hall–Kier alpha value is -1.66. The van der Waals surface area contributed by atoms with Crippen LogP contribution < -0.4 is 10.6 Å². The second kappa shape index (κ2) is 5.76. The van der Waals surface area contributed by atoms with Gasteiger partial charge in [0.25, 0.3) is 11.6 Å². The average molecular weight is 298 g/mol. The highest BCUT2D eigenvalue weighted by Crippen LogP contribution is 2.25. The largest absolute Gasteiger partial charge is 0.347 e. The van der Waals surface area contributed by atoms with Crippen molar-refractivity contribution in [3.63, 3.8) is 0 Å². The number of nitro groups is 1. The fourth-order valence-electron chi connectivity index (χ4n) is 2.29. The van der Waals surface area contributed by atoms with Gasteiger partial charge in [0.2, 0.25) is 0 Å². The molecule has 0 bridgehead atoms. The molecule has 1 heterocycles. The monoisotopic (exact) mass is 297 g/mol. The molecule has 6 nitrogen and oxygen atoms in total. The van der Waals surface area contributed by atoms with E-state index in [-0.39, 0.29) is 21.8 Å². The number of nitro benzene ring substituents is 1. The molecule has 0 saturated carbocycles. The van der Waals surface area contributed by atoms with Gasteiger partial charge in [0.1, 0.15) is 5.56 Å². The maximum atomic E-state index is 12.3. The molecule has 0 unspecified atom stereocenters. The van der Waals surface area contributed by atoms with Gasteiger partial charge in [-0.25, -0.2) is 0 Å². The van der Waals surface area contributed by atoms with Crippen molar-refractivity contribution >= 4 is 23.2 Å². The number of hydrogen-bond donors (Lipinski definition) is 2. The van der Waals surface area contributed by atoms with E-state index >= 15 is 0 Å². The lowest BCUT2D eigenvalue weighted by Crippen LogP contribution is -2.52. The lowest BCUT2D eigenvalue weighted by Gasteiger charge is -2.34. The van der Waals surface area contributed by atoms with Crippen LogP contribution in [0.15, 0.2) is 18.2 Å². The van der Waals surface area contributed by atoms with Gasteiger partial charge in [-0.15, -0.1) is 0 Å². The number of piperidine rings is 1. The van der Waals surface area contributed by atoms with Crippen LogP contribution in [0.4, 0.5) is 5.69 Å². The van der Waals surface area contributed by atoms with Gasteiger partial charge in [0.15, 0.2) is 0 Å². The molecule has 1 fully saturated rings. The smallest absolute Gasteiger partial charge is 0.283 e. The summed E-state index contributed by atoms with van der Waals surface area (Å²) in [5, 5.41) is 17.4. The first-order chi connectivity index (χ1) is 9.41. The highest BCUT2D eigenvalue weighted by molar-refractivity contribution is 6.31. The van der Waals surface area contributed by atoms with E-state index in [0.717, 1.165) is 25.9 Å². The lowest BCUT2D eigenvalue weighted by molar-refractivity contribution is -0.385. The van der Waals surface area contributed by atoms with Gasteiger partial charge >= 0.3 is 0 Å². The molecule has 0 aromatic heterocycles. The van der Waals surface area contributed by atoms with E-state index in [1.165, 1.54) is 18.2 Å². The third-order valence-corrected chi connectivity index (χ3v) is 3.76. The van der Waals surface area contributed by atoms with E-state index < -0.39 is 10.8 Å². The highest BCUT2D eigenvalue weighted by Gasteiger charge is 2.31. The molecule has 0 aliphatic carbocycles. The lowest BCUT2D eigenvalue weighted by atomic mass is 9.90. The van der Waals surface area contributed by atoms with Gasteiger partial charge in [-0.3, -0.25) is 14.9 Å². The van der Waals surface area contributed by atoms with Crippen molar-refractivity contribution in [2.45, 2.75) is 25.3 Å². The number of nitrogens with zero attached hydrogens (tertiary/aromatic N) is 1. The number of carbonyl (C=O) groups excluding carboxylic acids is 1. The minimum Gasteiger partial charge on any atom is -0.347 e. The van der Waals surface area contributed by atoms with Crippen LogP contribution in [0.1, 0.15) is 30.1 Å². The first-order valence-electron chi connectivity index (χ1n) is 6.38. The summed E-state index contributed by atoms with van der Waals surface area (Å²) >= 11 is 5.74. The number of carbonyl (C=O) groups is 1. The summed E-state index contributed by atoms with van der Waals surface area (Å²) in [6.45, 7) is 3.59. The van der Waals surface area contributed by atoms with Gasteiger partial charge < -0.3 is 10.6 Å². The SMILES string of the molecule is CC1(NC(=O)c2ccc(Cl)cc2[N+](=O)[O-])CCNCC1. The number of nitrogens with one attached hydrogen (secondary N) is 2. The zero-order valence-corrected chi connectivity index (χ0v) is 11.9. The van der Waals surface area contributed by atoms with Crippen LogP contribution in [0, 0.1) is 10.1 Å². The van der Waals surface area contributed by atoms with Crippen LogP contribution in [0.5, 0.6) is 0 Å². The van der Waals surface area contributed by atoms with Crippen molar-refractivity contribution in [2.24, 2.45) is 0 Å². The Kier molecular flexibility index (Phi) is 4.25. The Labute approximate surface area is 121 Å². The van der Waals surface area contributed by atoms with E-state index in [9.17, 15) is 14.9 Å². The average Bonchev–Trinajstić information content (AvgIpc) is 2.38. The normalized spacial score (nSPS) is 17.5. The number of rotatable bonds is 3. The molecule has 0 atom stereocenters. The molecule has 1 aliphatic rings. The number of halogens is 1. The van der Waals surface area contributed by atoms with Crippen molar-refractivity contribution in [3.05, 3.63) is 38.9 Å². The Morgan fingerprint density at radius 3 is 2.70 bits per heavy atom. The van der Waals surface area contributed by atoms with Gasteiger partial charge in [-0.1, -0.05) is 11.6 Å². The molecule has 2 rings (SSSR count). The molecule has 7 heteroatoms. The van der Waals surface area contributed by atoms with E-state index in [2.05, 4.69) is 10.6 Å². The molecule has 1 amide bonds. The molecule has 2 N–H and O–H groups in total. The summed E-state index contributed by atoms with van der Waals surface area (Å²) in [5.41, 5.74) is -0.567. The van der Waals surface area contributed by atoms with E-state index in [4.69, 9.17) is 11.6 Å². The summed E-state index contributed by atoms with van der Waals surface area (Å²) in [7, 11) is 0. The molecule has 0 spiro atoms. The molecule has 0 radical (unpaired) electrons. The molecular formula is C13H16ClN3O3. The van der Waals surface area contributed by atoms with Crippen molar-refractivity contribution in [1.82, 2.24) is 10.6 Å².